The Balaban J connectivity index is 2.32. The number of anilines is 1. The minimum absolute atomic E-state index is 0.285. The van der Waals surface area contributed by atoms with Gasteiger partial charge < -0.3 is 10.6 Å². The van der Waals surface area contributed by atoms with Gasteiger partial charge in [0.25, 0.3) is 0 Å². The van der Waals surface area contributed by atoms with Gasteiger partial charge in [-0.25, -0.2) is 0 Å². The van der Waals surface area contributed by atoms with Gasteiger partial charge in [0, 0.05) is 24.4 Å². The highest BCUT2D eigenvalue weighted by Crippen LogP contribution is 2.24. The number of nitrogens with two attached hydrogens (primary N) is 1. The number of rotatable bonds is 5. The fraction of sp³-hybridized carbons (Fsp3) is 0.400. The minimum Gasteiger partial charge on any atom is -0.389 e. The third kappa shape index (κ3) is 3.39. The minimum atomic E-state index is 0.285. The average Bonchev–Trinajstić information content (AvgIpc) is 2.93. The standard InChI is InChI=1S/C15H20N4S2/c1-9(8-12-6-5-7-21-12)19(4)15-13(14(16)20)10(2)11(3)17-18-15/h5-7,9H,8H2,1-4H3,(H2,16,20). The summed E-state index contributed by atoms with van der Waals surface area (Å²) < 4.78 is 0. The summed E-state index contributed by atoms with van der Waals surface area (Å²) in [4.78, 5) is 3.83. The van der Waals surface area contributed by atoms with E-state index in [0.29, 0.717) is 4.99 Å². The Bertz CT molecular complexity index is 637. The van der Waals surface area contributed by atoms with E-state index < -0.39 is 0 Å². The Morgan fingerprint density at radius 2 is 2.14 bits per heavy atom. The molecule has 0 saturated carbocycles. The zero-order chi connectivity index (χ0) is 15.6. The average molecular weight is 320 g/mol. The van der Waals surface area contributed by atoms with Crippen molar-refractivity contribution in [1.82, 2.24) is 10.2 Å². The predicted octanol–water partition coefficient (Wildman–Crippen LogP) is 2.86. The Morgan fingerprint density at radius 3 is 2.71 bits per heavy atom. The maximum absolute atomic E-state index is 5.90. The maximum atomic E-state index is 5.90. The van der Waals surface area contributed by atoms with Gasteiger partial charge in [-0.3, -0.25) is 0 Å². The van der Waals surface area contributed by atoms with Crippen molar-refractivity contribution in [3.8, 4) is 0 Å². The molecule has 0 saturated heterocycles. The van der Waals surface area contributed by atoms with E-state index in [4.69, 9.17) is 18.0 Å². The van der Waals surface area contributed by atoms with Crippen LogP contribution in [-0.4, -0.2) is 28.3 Å². The van der Waals surface area contributed by atoms with Crippen molar-refractivity contribution in [1.29, 1.82) is 0 Å². The molecule has 21 heavy (non-hydrogen) atoms. The Labute approximate surface area is 135 Å². The second-order valence-electron chi connectivity index (χ2n) is 5.22. The van der Waals surface area contributed by atoms with Gasteiger partial charge in [0.2, 0.25) is 0 Å². The van der Waals surface area contributed by atoms with E-state index in [2.05, 4.69) is 39.5 Å². The van der Waals surface area contributed by atoms with E-state index in [1.165, 1.54) is 4.88 Å². The molecule has 2 aromatic rings. The monoisotopic (exact) mass is 320 g/mol. The first-order valence-electron chi connectivity index (χ1n) is 6.80. The van der Waals surface area contributed by atoms with Crippen LogP contribution >= 0.6 is 23.6 Å². The van der Waals surface area contributed by atoms with Gasteiger partial charge in [0.05, 0.1) is 11.3 Å². The molecule has 0 aliphatic rings. The molecular weight excluding hydrogens is 300 g/mol. The number of thiophene rings is 1. The van der Waals surface area contributed by atoms with Crippen LogP contribution in [0.25, 0.3) is 0 Å². The van der Waals surface area contributed by atoms with E-state index in [-0.39, 0.29) is 6.04 Å². The van der Waals surface area contributed by atoms with Gasteiger partial charge in [-0.1, -0.05) is 18.3 Å². The van der Waals surface area contributed by atoms with Gasteiger partial charge >= 0.3 is 0 Å². The third-order valence-electron chi connectivity index (χ3n) is 3.75. The fourth-order valence-electron chi connectivity index (χ4n) is 2.20. The maximum Gasteiger partial charge on any atom is 0.161 e. The predicted molar refractivity (Wildman–Crippen MR) is 93.3 cm³/mol. The first-order chi connectivity index (χ1) is 9.91. The second kappa shape index (κ2) is 6.49. The Morgan fingerprint density at radius 1 is 1.43 bits per heavy atom. The highest BCUT2D eigenvalue weighted by molar-refractivity contribution is 7.80. The van der Waals surface area contributed by atoms with E-state index in [1.807, 2.05) is 20.9 Å². The van der Waals surface area contributed by atoms with E-state index in [0.717, 1.165) is 29.1 Å². The first-order valence-corrected chi connectivity index (χ1v) is 8.09. The van der Waals surface area contributed by atoms with E-state index >= 15 is 0 Å². The number of nitrogens with zero attached hydrogens (tertiary/aromatic N) is 3. The molecule has 2 N–H and O–H groups in total. The molecule has 6 heteroatoms. The van der Waals surface area contributed by atoms with Gasteiger partial charge in [0.15, 0.2) is 5.82 Å². The number of hydrogen-bond donors (Lipinski definition) is 1. The van der Waals surface area contributed by atoms with Gasteiger partial charge in [0.1, 0.15) is 4.99 Å². The highest BCUT2D eigenvalue weighted by Gasteiger charge is 2.20. The van der Waals surface area contributed by atoms with E-state index in [1.54, 1.807) is 11.3 Å². The lowest BCUT2D eigenvalue weighted by Gasteiger charge is -2.27. The number of aromatic nitrogens is 2. The summed E-state index contributed by atoms with van der Waals surface area (Å²) in [5, 5.41) is 10.6. The molecule has 0 radical (unpaired) electrons. The lowest BCUT2D eigenvalue weighted by atomic mass is 10.1. The molecule has 0 bridgehead atoms. The Kier molecular flexibility index (Phi) is 4.90. The van der Waals surface area contributed by atoms with Gasteiger partial charge in [-0.05, 0) is 37.8 Å². The van der Waals surface area contributed by atoms with Crippen LogP contribution in [0.5, 0.6) is 0 Å². The summed E-state index contributed by atoms with van der Waals surface area (Å²) in [5.74, 6) is 0.759. The molecular formula is C15H20N4S2. The number of aryl methyl sites for hydroxylation is 1. The zero-order valence-electron chi connectivity index (χ0n) is 12.8. The molecule has 2 aromatic heterocycles. The Hall–Kier alpha value is -1.53. The molecule has 0 fully saturated rings. The molecule has 0 aliphatic carbocycles. The van der Waals surface area contributed by atoms with Crippen molar-refractivity contribution in [3.05, 3.63) is 39.2 Å². The highest BCUT2D eigenvalue weighted by atomic mass is 32.1. The van der Waals surface area contributed by atoms with Crippen LogP contribution in [0.1, 0.15) is 28.6 Å². The third-order valence-corrected chi connectivity index (χ3v) is 4.86. The van der Waals surface area contributed by atoms with Crippen molar-refractivity contribution in [2.24, 2.45) is 5.73 Å². The summed E-state index contributed by atoms with van der Waals surface area (Å²) >= 11 is 6.97. The van der Waals surface area contributed by atoms with Gasteiger partial charge in [-0.2, -0.15) is 5.10 Å². The van der Waals surface area contributed by atoms with Crippen molar-refractivity contribution in [3.63, 3.8) is 0 Å². The van der Waals surface area contributed by atoms with Crippen molar-refractivity contribution < 1.29 is 0 Å². The van der Waals surface area contributed by atoms with Crippen LogP contribution < -0.4 is 10.6 Å². The summed E-state index contributed by atoms with van der Waals surface area (Å²) in [7, 11) is 2.01. The van der Waals surface area contributed by atoms with Crippen LogP contribution in [0.4, 0.5) is 5.82 Å². The quantitative estimate of drug-likeness (QED) is 0.859. The van der Waals surface area contributed by atoms with Crippen LogP contribution in [-0.2, 0) is 6.42 Å². The topological polar surface area (TPSA) is 55.0 Å². The normalized spacial score (nSPS) is 12.2. The molecule has 0 amide bonds. The summed E-state index contributed by atoms with van der Waals surface area (Å²) in [6, 6.07) is 4.51. The lowest BCUT2D eigenvalue weighted by Crippen LogP contribution is -2.34. The zero-order valence-corrected chi connectivity index (χ0v) is 14.4. The molecule has 2 rings (SSSR count). The SMILES string of the molecule is Cc1nnc(N(C)C(C)Cc2cccs2)c(C(N)=S)c1C. The van der Waals surface area contributed by atoms with Crippen molar-refractivity contribution >= 4 is 34.4 Å². The van der Waals surface area contributed by atoms with Crippen molar-refractivity contribution in [2.45, 2.75) is 33.2 Å². The molecule has 1 atom stereocenters. The molecule has 1 unspecified atom stereocenters. The van der Waals surface area contributed by atoms with Crippen LogP contribution in [0, 0.1) is 13.8 Å². The van der Waals surface area contributed by atoms with Gasteiger partial charge in [-0.15, -0.1) is 16.4 Å². The smallest absolute Gasteiger partial charge is 0.161 e. The molecule has 0 aliphatic heterocycles. The molecule has 0 spiro atoms. The molecule has 4 nitrogen and oxygen atoms in total. The summed E-state index contributed by atoms with van der Waals surface area (Å²) in [6.45, 7) is 6.07. The van der Waals surface area contributed by atoms with Crippen molar-refractivity contribution in [2.75, 3.05) is 11.9 Å². The number of likely N-dealkylation sites (N-methyl/N-ethyl adjacent to an activating group) is 1. The van der Waals surface area contributed by atoms with E-state index in [9.17, 15) is 0 Å². The molecule has 2 heterocycles. The first kappa shape index (κ1) is 15.9. The summed E-state index contributed by atoms with van der Waals surface area (Å²) in [5.41, 5.74) is 8.59. The molecule has 0 aromatic carbocycles. The van der Waals surface area contributed by atoms with Crippen LogP contribution in [0.3, 0.4) is 0 Å². The summed E-state index contributed by atoms with van der Waals surface area (Å²) in [6.07, 6.45) is 0.958. The second-order valence-corrected chi connectivity index (χ2v) is 6.69. The lowest BCUT2D eigenvalue weighted by molar-refractivity contribution is 0.672. The fourth-order valence-corrected chi connectivity index (χ4v) is 3.27. The largest absolute Gasteiger partial charge is 0.389 e. The molecule has 112 valence electrons. The number of hydrogen-bond acceptors (Lipinski definition) is 5. The number of thiocarbonyl (C=S) groups is 1. The van der Waals surface area contributed by atoms with Crippen LogP contribution in [0.2, 0.25) is 0 Å². The van der Waals surface area contributed by atoms with Crippen LogP contribution in [0.15, 0.2) is 17.5 Å².